The Labute approximate surface area is 166 Å². The van der Waals surface area contributed by atoms with E-state index in [0.29, 0.717) is 12.3 Å². The summed E-state index contributed by atoms with van der Waals surface area (Å²) in [5.74, 6) is 1.54. The topological polar surface area (TPSA) is 26.3 Å². The molecule has 1 aromatic carbocycles. The second kappa shape index (κ2) is 10.3. The molecule has 27 heavy (non-hydrogen) atoms. The van der Waals surface area contributed by atoms with Crippen LogP contribution in [0.3, 0.4) is 0 Å². The molecule has 2 nitrogen and oxygen atoms in total. The molecule has 1 unspecified atom stereocenters. The van der Waals surface area contributed by atoms with E-state index in [2.05, 4.69) is 59.9 Å². The smallest absolute Gasteiger partial charge is 0.130 e. The van der Waals surface area contributed by atoms with Gasteiger partial charge >= 0.3 is 0 Å². The Kier molecular flexibility index (Phi) is 8.75. The average molecular weight is 369 g/mol. The number of Topliss-reactive ketones (excluding diaryl/α,β-unsaturated/α-hetero) is 1. The number of hydrogen-bond donors (Lipinski definition) is 0. The number of hydrogen-bond acceptors (Lipinski definition) is 2. The van der Waals surface area contributed by atoms with Gasteiger partial charge in [0.05, 0.1) is 0 Å². The second-order valence-electron chi connectivity index (χ2n) is 7.97. The van der Waals surface area contributed by atoms with Crippen molar-refractivity contribution in [2.45, 2.75) is 73.8 Å². The molecule has 0 aliphatic rings. The Morgan fingerprint density at radius 3 is 2.22 bits per heavy atom. The molecule has 0 aromatic heterocycles. The fraction of sp³-hybridized carbons (Fsp3) is 0.480. The zero-order chi connectivity index (χ0) is 20.7. The number of carbonyl (C=O) groups is 1. The van der Waals surface area contributed by atoms with Gasteiger partial charge in [0.25, 0.3) is 0 Å². The van der Waals surface area contributed by atoms with Crippen LogP contribution >= 0.6 is 0 Å². The van der Waals surface area contributed by atoms with Crippen LogP contribution in [0.4, 0.5) is 0 Å². The molecule has 0 aliphatic carbocycles. The molecule has 1 rings (SSSR count). The molecular formula is C25H36O2. The number of carbonyl (C=O) groups excluding carboxylic acids is 1. The lowest BCUT2D eigenvalue weighted by Crippen LogP contribution is -2.18. The SMILES string of the molecule is C=C(C)C(=C)C/C(=C(\C)C(C)C)C(C)Oc1ccc(CCC(C)=O)c(C)c1. The molecule has 0 spiro atoms. The van der Waals surface area contributed by atoms with E-state index >= 15 is 0 Å². The van der Waals surface area contributed by atoms with Crippen molar-refractivity contribution in [2.24, 2.45) is 5.92 Å². The minimum absolute atomic E-state index is 0.0361. The molecule has 0 saturated carbocycles. The maximum atomic E-state index is 11.2. The minimum atomic E-state index is -0.0361. The fourth-order valence-electron chi connectivity index (χ4n) is 2.96. The van der Waals surface area contributed by atoms with Crippen LogP contribution in [0.15, 0.2) is 53.6 Å². The first kappa shape index (κ1) is 23.0. The maximum absolute atomic E-state index is 11.2. The lowest BCUT2D eigenvalue weighted by Gasteiger charge is -2.24. The van der Waals surface area contributed by atoms with E-state index in [1.165, 1.54) is 22.3 Å². The summed E-state index contributed by atoms with van der Waals surface area (Å²) < 4.78 is 6.29. The Morgan fingerprint density at radius 1 is 1.11 bits per heavy atom. The van der Waals surface area contributed by atoms with Crippen molar-refractivity contribution in [1.82, 2.24) is 0 Å². The van der Waals surface area contributed by atoms with Crippen LogP contribution in [0, 0.1) is 12.8 Å². The Hall–Kier alpha value is -2.09. The number of aryl methyl sites for hydroxylation is 2. The molecule has 0 aliphatic heterocycles. The van der Waals surface area contributed by atoms with Gasteiger partial charge in [-0.25, -0.2) is 0 Å². The molecule has 0 radical (unpaired) electrons. The number of benzene rings is 1. The van der Waals surface area contributed by atoms with Gasteiger partial charge in [-0.05, 0) is 87.8 Å². The monoisotopic (exact) mass is 368 g/mol. The average Bonchev–Trinajstić information content (AvgIpc) is 2.57. The van der Waals surface area contributed by atoms with Crippen molar-refractivity contribution in [3.63, 3.8) is 0 Å². The first-order valence-electron chi connectivity index (χ1n) is 9.81. The normalized spacial score (nSPS) is 13.2. The molecule has 0 saturated heterocycles. The van der Waals surface area contributed by atoms with Gasteiger partial charge in [-0.1, -0.05) is 44.2 Å². The van der Waals surface area contributed by atoms with Crippen molar-refractivity contribution in [1.29, 1.82) is 0 Å². The van der Waals surface area contributed by atoms with Gasteiger partial charge in [-0.2, -0.15) is 0 Å². The predicted octanol–water partition coefficient (Wildman–Crippen LogP) is 6.78. The van der Waals surface area contributed by atoms with Crippen LogP contribution < -0.4 is 4.74 Å². The van der Waals surface area contributed by atoms with E-state index in [1.54, 1.807) is 6.92 Å². The Bertz CT molecular complexity index is 735. The first-order valence-corrected chi connectivity index (χ1v) is 9.81. The third-order valence-corrected chi connectivity index (χ3v) is 5.24. The molecule has 0 fully saturated rings. The molecule has 0 N–H and O–H groups in total. The molecular weight excluding hydrogens is 332 g/mol. The molecule has 1 aromatic rings. The van der Waals surface area contributed by atoms with Crippen LogP contribution in [0.2, 0.25) is 0 Å². The van der Waals surface area contributed by atoms with Crippen molar-refractivity contribution in [3.05, 3.63) is 64.8 Å². The van der Waals surface area contributed by atoms with Gasteiger partial charge < -0.3 is 9.53 Å². The highest BCUT2D eigenvalue weighted by atomic mass is 16.5. The number of allylic oxidation sites excluding steroid dienone is 3. The molecule has 0 heterocycles. The second-order valence-corrected chi connectivity index (χ2v) is 7.97. The fourth-order valence-corrected chi connectivity index (χ4v) is 2.96. The zero-order valence-corrected chi connectivity index (χ0v) is 18.2. The van der Waals surface area contributed by atoms with Crippen molar-refractivity contribution >= 4 is 5.78 Å². The van der Waals surface area contributed by atoms with Crippen LogP contribution in [0.1, 0.15) is 65.5 Å². The van der Waals surface area contributed by atoms with Gasteiger partial charge in [0.1, 0.15) is 17.6 Å². The number of rotatable bonds is 10. The lowest BCUT2D eigenvalue weighted by atomic mass is 9.90. The quantitative estimate of drug-likeness (QED) is 0.336. The Morgan fingerprint density at radius 2 is 1.74 bits per heavy atom. The van der Waals surface area contributed by atoms with Gasteiger partial charge in [0, 0.05) is 6.42 Å². The van der Waals surface area contributed by atoms with Crippen LogP contribution in [-0.4, -0.2) is 11.9 Å². The van der Waals surface area contributed by atoms with E-state index in [4.69, 9.17) is 4.74 Å². The highest BCUT2D eigenvalue weighted by molar-refractivity contribution is 5.75. The van der Waals surface area contributed by atoms with Gasteiger partial charge in [-0.15, -0.1) is 0 Å². The lowest BCUT2D eigenvalue weighted by molar-refractivity contribution is -0.116. The molecule has 148 valence electrons. The summed E-state index contributed by atoms with van der Waals surface area (Å²) >= 11 is 0. The van der Waals surface area contributed by atoms with E-state index in [-0.39, 0.29) is 11.9 Å². The maximum Gasteiger partial charge on any atom is 0.130 e. The summed E-state index contributed by atoms with van der Waals surface area (Å²) in [5, 5.41) is 0. The largest absolute Gasteiger partial charge is 0.486 e. The standard InChI is InChI=1S/C25H36O2/c1-16(2)18(5)15-25(21(8)17(3)4)22(9)27-24-13-12-23(19(6)14-24)11-10-20(7)26/h12-14,17,22H,1,5,10-11,15H2,2-4,6-9H3/b25-21-. The van der Waals surface area contributed by atoms with Gasteiger partial charge in [-0.3, -0.25) is 0 Å². The highest BCUT2D eigenvalue weighted by Gasteiger charge is 2.17. The Balaban J connectivity index is 3.01. The molecule has 0 bridgehead atoms. The van der Waals surface area contributed by atoms with Gasteiger partial charge in [0.15, 0.2) is 0 Å². The minimum Gasteiger partial charge on any atom is -0.486 e. The molecule has 1 atom stereocenters. The van der Waals surface area contributed by atoms with E-state index in [0.717, 1.165) is 29.7 Å². The summed E-state index contributed by atoms with van der Waals surface area (Å²) in [4.78, 5) is 11.2. The summed E-state index contributed by atoms with van der Waals surface area (Å²) in [6.07, 6.45) is 2.12. The molecule has 2 heteroatoms. The number of ketones is 1. The van der Waals surface area contributed by atoms with E-state index in [1.807, 2.05) is 13.0 Å². The highest BCUT2D eigenvalue weighted by Crippen LogP contribution is 2.28. The first-order chi connectivity index (χ1) is 12.5. The third-order valence-electron chi connectivity index (χ3n) is 5.24. The zero-order valence-electron chi connectivity index (χ0n) is 18.2. The predicted molar refractivity (Wildman–Crippen MR) is 116 cm³/mol. The van der Waals surface area contributed by atoms with Crippen molar-refractivity contribution in [2.75, 3.05) is 0 Å². The molecule has 0 amide bonds. The van der Waals surface area contributed by atoms with E-state index < -0.39 is 0 Å². The third kappa shape index (κ3) is 7.21. The van der Waals surface area contributed by atoms with Crippen LogP contribution in [-0.2, 0) is 11.2 Å². The van der Waals surface area contributed by atoms with E-state index in [9.17, 15) is 4.79 Å². The number of ether oxygens (including phenoxy) is 1. The van der Waals surface area contributed by atoms with Crippen molar-refractivity contribution < 1.29 is 9.53 Å². The van der Waals surface area contributed by atoms with Crippen LogP contribution in [0.5, 0.6) is 5.75 Å². The van der Waals surface area contributed by atoms with Crippen molar-refractivity contribution in [3.8, 4) is 5.75 Å². The van der Waals surface area contributed by atoms with Crippen LogP contribution in [0.25, 0.3) is 0 Å². The summed E-state index contributed by atoms with van der Waals surface area (Å²) in [6, 6.07) is 6.16. The summed E-state index contributed by atoms with van der Waals surface area (Å²) in [7, 11) is 0. The van der Waals surface area contributed by atoms with Gasteiger partial charge in [0.2, 0.25) is 0 Å². The summed E-state index contributed by atoms with van der Waals surface area (Å²) in [6.45, 7) is 22.6. The summed E-state index contributed by atoms with van der Waals surface area (Å²) in [5.41, 5.74) is 7.06.